The first kappa shape index (κ1) is 18.5. The summed E-state index contributed by atoms with van der Waals surface area (Å²) >= 11 is 6.10. The molecule has 26 heavy (non-hydrogen) atoms. The van der Waals surface area contributed by atoms with Gasteiger partial charge in [0.05, 0.1) is 30.5 Å². The number of hydrogen-bond donors (Lipinski definition) is 1. The molecular formula is C20H24ClN3O2. The Morgan fingerprint density at radius 1 is 1.15 bits per heavy atom. The van der Waals surface area contributed by atoms with E-state index in [0.717, 1.165) is 37.6 Å². The van der Waals surface area contributed by atoms with Gasteiger partial charge in [-0.3, -0.25) is 4.79 Å². The van der Waals surface area contributed by atoms with Crippen molar-refractivity contribution in [3.63, 3.8) is 0 Å². The zero-order valence-electron chi connectivity index (χ0n) is 15.0. The number of benzene rings is 2. The summed E-state index contributed by atoms with van der Waals surface area (Å²) in [5.74, 6) is 0.0159. The fourth-order valence-electron chi connectivity index (χ4n) is 2.91. The number of carbonyl (C=O) groups is 1. The minimum absolute atomic E-state index is 0.0159. The predicted octanol–water partition coefficient (Wildman–Crippen LogP) is 3.25. The molecule has 3 rings (SSSR count). The van der Waals surface area contributed by atoms with Crippen molar-refractivity contribution in [2.75, 3.05) is 50.1 Å². The molecule has 0 radical (unpaired) electrons. The van der Waals surface area contributed by atoms with E-state index in [-0.39, 0.29) is 12.5 Å². The lowest BCUT2D eigenvalue weighted by Gasteiger charge is -2.29. The third-order valence-corrected chi connectivity index (χ3v) is 4.79. The number of nitrogens with zero attached hydrogens (tertiary/aromatic N) is 2. The first-order valence-electron chi connectivity index (χ1n) is 8.77. The van der Waals surface area contributed by atoms with Crippen LogP contribution in [0.3, 0.4) is 0 Å². The maximum Gasteiger partial charge on any atom is 0.241 e. The highest BCUT2D eigenvalue weighted by Crippen LogP contribution is 2.20. The summed E-state index contributed by atoms with van der Waals surface area (Å²) in [6, 6.07) is 15.8. The van der Waals surface area contributed by atoms with Crippen LogP contribution in [-0.4, -0.2) is 50.7 Å². The monoisotopic (exact) mass is 373 g/mol. The fraction of sp³-hybridized carbons (Fsp3) is 0.350. The highest BCUT2D eigenvalue weighted by atomic mass is 35.5. The molecule has 1 amide bonds. The molecule has 6 heteroatoms. The number of halogens is 1. The van der Waals surface area contributed by atoms with Gasteiger partial charge in [0.1, 0.15) is 0 Å². The molecule has 1 aliphatic heterocycles. The van der Waals surface area contributed by atoms with Crippen LogP contribution in [0.4, 0.5) is 11.4 Å². The predicted molar refractivity (Wildman–Crippen MR) is 106 cm³/mol. The van der Waals surface area contributed by atoms with Gasteiger partial charge in [0.15, 0.2) is 0 Å². The molecule has 2 aromatic carbocycles. The van der Waals surface area contributed by atoms with E-state index < -0.39 is 0 Å². The first-order valence-corrected chi connectivity index (χ1v) is 9.15. The van der Waals surface area contributed by atoms with Crippen LogP contribution < -0.4 is 10.2 Å². The number of hydrogen-bond acceptors (Lipinski definition) is 4. The van der Waals surface area contributed by atoms with Crippen molar-refractivity contribution in [3.8, 4) is 0 Å². The van der Waals surface area contributed by atoms with Crippen LogP contribution >= 0.6 is 11.6 Å². The normalized spacial score (nSPS) is 14.2. The van der Waals surface area contributed by atoms with Crippen LogP contribution in [0.15, 0.2) is 48.5 Å². The highest BCUT2D eigenvalue weighted by molar-refractivity contribution is 6.33. The second-order valence-electron chi connectivity index (χ2n) is 6.35. The zero-order chi connectivity index (χ0) is 18.4. The van der Waals surface area contributed by atoms with Crippen molar-refractivity contribution >= 4 is 28.9 Å². The Kier molecular flexibility index (Phi) is 6.36. The molecular weight excluding hydrogens is 350 g/mol. The summed E-state index contributed by atoms with van der Waals surface area (Å²) in [5.41, 5.74) is 3.08. The second-order valence-corrected chi connectivity index (χ2v) is 6.76. The van der Waals surface area contributed by atoms with Gasteiger partial charge in [-0.05, 0) is 29.8 Å². The summed E-state index contributed by atoms with van der Waals surface area (Å²) in [6.07, 6.45) is 0. The SMILES string of the molecule is CN(Cc1ccc(N2CCOCC2)cc1)C(=O)CNc1ccccc1Cl. The Hall–Kier alpha value is -2.24. The number of ether oxygens (including phenoxy) is 1. The molecule has 1 saturated heterocycles. The Morgan fingerprint density at radius 3 is 2.54 bits per heavy atom. The van der Waals surface area contributed by atoms with Gasteiger partial charge >= 0.3 is 0 Å². The van der Waals surface area contributed by atoms with E-state index in [1.807, 2.05) is 25.2 Å². The number of carbonyl (C=O) groups excluding carboxylic acids is 1. The van der Waals surface area contributed by atoms with Crippen LogP contribution in [0.25, 0.3) is 0 Å². The number of para-hydroxylation sites is 1. The molecule has 0 spiro atoms. The van der Waals surface area contributed by atoms with Crippen molar-refractivity contribution in [2.24, 2.45) is 0 Å². The average molecular weight is 374 g/mol. The standard InChI is InChI=1S/C20H24ClN3O2/c1-23(20(25)14-22-19-5-3-2-4-18(19)21)15-16-6-8-17(9-7-16)24-10-12-26-13-11-24/h2-9,22H,10-15H2,1H3. The fourth-order valence-corrected chi connectivity index (χ4v) is 3.11. The smallest absolute Gasteiger partial charge is 0.241 e. The van der Waals surface area contributed by atoms with Crippen molar-refractivity contribution in [3.05, 3.63) is 59.1 Å². The molecule has 2 aromatic rings. The van der Waals surface area contributed by atoms with Gasteiger partial charge in [-0.25, -0.2) is 0 Å². The maximum atomic E-state index is 12.3. The molecule has 0 bridgehead atoms. The van der Waals surface area contributed by atoms with E-state index >= 15 is 0 Å². The molecule has 0 atom stereocenters. The Bertz CT molecular complexity index is 730. The average Bonchev–Trinajstić information content (AvgIpc) is 2.68. The Labute approximate surface area is 159 Å². The number of nitrogens with one attached hydrogen (secondary N) is 1. The van der Waals surface area contributed by atoms with E-state index in [1.54, 1.807) is 11.0 Å². The quantitative estimate of drug-likeness (QED) is 0.844. The van der Waals surface area contributed by atoms with Gasteiger partial charge in [0.2, 0.25) is 5.91 Å². The van der Waals surface area contributed by atoms with E-state index in [9.17, 15) is 4.79 Å². The van der Waals surface area contributed by atoms with Gasteiger partial charge in [0, 0.05) is 32.4 Å². The summed E-state index contributed by atoms with van der Waals surface area (Å²) in [4.78, 5) is 16.4. The lowest BCUT2D eigenvalue weighted by Crippen LogP contribution is -2.36. The van der Waals surface area contributed by atoms with Crippen molar-refractivity contribution in [1.29, 1.82) is 0 Å². The molecule has 1 N–H and O–H groups in total. The molecule has 5 nitrogen and oxygen atoms in total. The van der Waals surface area contributed by atoms with E-state index in [0.29, 0.717) is 11.6 Å². The molecule has 1 heterocycles. The largest absolute Gasteiger partial charge is 0.378 e. The minimum Gasteiger partial charge on any atom is -0.378 e. The molecule has 1 aliphatic rings. The van der Waals surface area contributed by atoms with Crippen molar-refractivity contribution in [1.82, 2.24) is 4.90 Å². The molecule has 0 aliphatic carbocycles. The van der Waals surface area contributed by atoms with Crippen LogP contribution in [-0.2, 0) is 16.1 Å². The van der Waals surface area contributed by atoms with E-state index in [4.69, 9.17) is 16.3 Å². The van der Waals surface area contributed by atoms with Crippen LogP contribution in [0.2, 0.25) is 5.02 Å². The first-order chi connectivity index (χ1) is 12.6. The van der Waals surface area contributed by atoms with Gasteiger partial charge in [-0.15, -0.1) is 0 Å². The molecule has 1 fully saturated rings. The summed E-state index contributed by atoms with van der Waals surface area (Å²) in [7, 11) is 1.81. The molecule has 0 saturated carbocycles. The summed E-state index contributed by atoms with van der Waals surface area (Å²) < 4.78 is 5.39. The van der Waals surface area contributed by atoms with Crippen molar-refractivity contribution in [2.45, 2.75) is 6.54 Å². The summed E-state index contributed by atoms with van der Waals surface area (Å²) in [5, 5.41) is 3.70. The zero-order valence-corrected chi connectivity index (χ0v) is 15.7. The van der Waals surface area contributed by atoms with Crippen LogP contribution in [0.5, 0.6) is 0 Å². The van der Waals surface area contributed by atoms with Crippen molar-refractivity contribution < 1.29 is 9.53 Å². The topological polar surface area (TPSA) is 44.8 Å². The number of rotatable bonds is 6. The van der Waals surface area contributed by atoms with Gasteiger partial charge < -0.3 is 19.9 Å². The maximum absolute atomic E-state index is 12.3. The van der Waals surface area contributed by atoms with Crippen LogP contribution in [0, 0.1) is 0 Å². The van der Waals surface area contributed by atoms with Gasteiger partial charge in [0.25, 0.3) is 0 Å². The Morgan fingerprint density at radius 2 is 1.85 bits per heavy atom. The highest BCUT2D eigenvalue weighted by Gasteiger charge is 2.12. The second kappa shape index (κ2) is 8.92. The Balaban J connectivity index is 1.51. The van der Waals surface area contributed by atoms with Gasteiger partial charge in [-0.1, -0.05) is 35.9 Å². The van der Waals surface area contributed by atoms with Crippen LogP contribution in [0.1, 0.15) is 5.56 Å². The lowest BCUT2D eigenvalue weighted by molar-refractivity contribution is -0.128. The van der Waals surface area contributed by atoms with E-state index in [2.05, 4.69) is 34.5 Å². The third-order valence-electron chi connectivity index (χ3n) is 4.46. The molecule has 0 aromatic heterocycles. The summed E-state index contributed by atoms with van der Waals surface area (Å²) in [6.45, 7) is 4.18. The minimum atomic E-state index is 0.0159. The number of anilines is 2. The number of likely N-dealkylation sites (N-methyl/N-ethyl adjacent to an activating group) is 1. The van der Waals surface area contributed by atoms with E-state index in [1.165, 1.54) is 5.69 Å². The number of amides is 1. The molecule has 138 valence electrons. The lowest BCUT2D eigenvalue weighted by atomic mass is 10.1. The molecule has 0 unspecified atom stereocenters. The number of morpholine rings is 1. The third kappa shape index (κ3) is 4.90. The van der Waals surface area contributed by atoms with Gasteiger partial charge in [-0.2, -0.15) is 0 Å².